The van der Waals surface area contributed by atoms with Crippen molar-refractivity contribution in [3.05, 3.63) is 33.4 Å². The van der Waals surface area contributed by atoms with Gasteiger partial charge in [0.2, 0.25) is 0 Å². The van der Waals surface area contributed by atoms with Crippen molar-refractivity contribution in [2.45, 2.75) is 5.75 Å². The van der Waals surface area contributed by atoms with Crippen LogP contribution in [0, 0.1) is 3.57 Å². The Labute approximate surface area is 105 Å². The molecule has 0 spiro atoms. The second-order valence-corrected chi connectivity index (χ2v) is 5.96. The van der Waals surface area contributed by atoms with E-state index in [1.807, 2.05) is 24.3 Å². The van der Waals surface area contributed by atoms with Crippen molar-refractivity contribution in [3.8, 4) is 0 Å². The van der Waals surface area contributed by atoms with E-state index in [1.165, 1.54) is 0 Å². The van der Waals surface area contributed by atoms with Crippen LogP contribution in [0.4, 0.5) is 0 Å². The van der Waals surface area contributed by atoms with Crippen molar-refractivity contribution in [1.82, 2.24) is 0 Å². The summed E-state index contributed by atoms with van der Waals surface area (Å²) in [6, 6.07) is 7.55. The summed E-state index contributed by atoms with van der Waals surface area (Å²) in [7, 11) is -3.93. The Kier molecular flexibility index (Phi) is 5.84. The normalized spacial score (nSPS) is 13.6. The third-order valence-corrected chi connectivity index (χ3v) is 4.16. The predicted octanol–water partition coefficient (Wildman–Crippen LogP) is 2.16. The first-order chi connectivity index (χ1) is 7.09. The minimum atomic E-state index is -2.66. The van der Waals surface area contributed by atoms with Crippen molar-refractivity contribution in [2.24, 2.45) is 0 Å². The SMILES string of the molecule is O=[P+](O)OC[S@@](=O)Cc1ccccc1I. The molecule has 15 heavy (non-hydrogen) atoms. The summed E-state index contributed by atoms with van der Waals surface area (Å²) in [6.07, 6.45) is 0. The van der Waals surface area contributed by atoms with Gasteiger partial charge in [-0.3, -0.25) is 4.21 Å². The van der Waals surface area contributed by atoms with Gasteiger partial charge in [0, 0.05) is 8.14 Å². The lowest BCUT2D eigenvalue weighted by atomic mass is 10.2. The highest BCUT2D eigenvalue weighted by Gasteiger charge is 2.15. The maximum absolute atomic E-state index is 11.4. The third kappa shape index (κ3) is 5.12. The molecule has 82 valence electrons. The molecular weight excluding hydrogens is 350 g/mol. The van der Waals surface area contributed by atoms with E-state index < -0.39 is 19.1 Å². The Morgan fingerprint density at radius 2 is 2.13 bits per heavy atom. The van der Waals surface area contributed by atoms with Gasteiger partial charge in [0.1, 0.15) is 0 Å². The smallest absolute Gasteiger partial charge is 0.257 e. The topological polar surface area (TPSA) is 63.6 Å². The molecule has 0 amide bonds. The maximum atomic E-state index is 11.4. The maximum Gasteiger partial charge on any atom is 0.695 e. The predicted molar refractivity (Wildman–Crippen MR) is 66.8 cm³/mol. The van der Waals surface area contributed by atoms with Crippen LogP contribution in [0.3, 0.4) is 0 Å². The van der Waals surface area contributed by atoms with Crippen molar-refractivity contribution < 1.29 is 18.2 Å². The van der Waals surface area contributed by atoms with Crippen LogP contribution in [0.25, 0.3) is 0 Å². The minimum absolute atomic E-state index is 0.212. The first-order valence-electron chi connectivity index (χ1n) is 3.97. The Balaban J connectivity index is 2.52. The van der Waals surface area contributed by atoms with Gasteiger partial charge in [-0.1, -0.05) is 18.2 Å². The molecule has 1 unspecified atom stereocenters. The van der Waals surface area contributed by atoms with Gasteiger partial charge in [-0.05, 0) is 34.2 Å². The molecule has 4 nitrogen and oxygen atoms in total. The number of rotatable bonds is 5. The molecule has 0 saturated carbocycles. The van der Waals surface area contributed by atoms with Crippen LogP contribution in [0.15, 0.2) is 24.3 Å². The molecule has 1 rings (SSSR count). The van der Waals surface area contributed by atoms with Gasteiger partial charge in [-0.15, -0.1) is 9.42 Å². The molecule has 0 aliphatic rings. The zero-order valence-electron chi connectivity index (χ0n) is 7.63. The summed E-state index contributed by atoms with van der Waals surface area (Å²) in [5.74, 6) is 0.124. The third-order valence-electron chi connectivity index (χ3n) is 1.57. The van der Waals surface area contributed by atoms with Gasteiger partial charge >= 0.3 is 8.25 Å². The quantitative estimate of drug-likeness (QED) is 0.647. The van der Waals surface area contributed by atoms with Gasteiger partial charge in [0.15, 0.2) is 5.94 Å². The second kappa shape index (κ2) is 6.65. The van der Waals surface area contributed by atoms with Crippen LogP contribution in [0.5, 0.6) is 0 Å². The Morgan fingerprint density at radius 1 is 1.47 bits per heavy atom. The first-order valence-corrected chi connectivity index (χ1v) is 7.66. The van der Waals surface area contributed by atoms with Crippen molar-refractivity contribution in [3.63, 3.8) is 0 Å². The average molecular weight is 359 g/mol. The molecule has 0 radical (unpaired) electrons. The number of hydrogen-bond acceptors (Lipinski definition) is 3. The summed E-state index contributed by atoms with van der Waals surface area (Å²) in [4.78, 5) is 8.37. The molecule has 1 aromatic carbocycles. The lowest BCUT2D eigenvalue weighted by Gasteiger charge is -2.01. The van der Waals surface area contributed by atoms with Crippen LogP contribution in [-0.2, 0) is 25.6 Å². The van der Waals surface area contributed by atoms with Crippen molar-refractivity contribution >= 4 is 41.6 Å². The average Bonchev–Trinajstić information content (AvgIpc) is 2.18. The largest absolute Gasteiger partial charge is 0.695 e. The molecule has 0 aliphatic heterocycles. The number of benzene rings is 1. The van der Waals surface area contributed by atoms with Crippen LogP contribution in [0.2, 0.25) is 0 Å². The summed E-state index contributed by atoms with van der Waals surface area (Å²) < 4.78 is 27.0. The molecule has 0 heterocycles. The van der Waals surface area contributed by atoms with E-state index in [1.54, 1.807) is 0 Å². The molecule has 7 heteroatoms. The van der Waals surface area contributed by atoms with Gasteiger partial charge in [-0.2, -0.15) is 0 Å². The number of halogens is 1. The first kappa shape index (κ1) is 13.2. The molecule has 2 atom stereocenters. The van der Waals surface area contributed by atoms with E-state index in [9.17, 15) is 8.77 Å². The highest BCUT2D eigenvalue weighted by Crippen LogP contribution is 2.17. The van der Waals surface area contributed by atoms with E-state index in [-0.39, 0.29) is 5.94 Å². The molecule has 1 N–H and O–H groups in total. The van der Waals surface area contributed by atoms with E-state index in [0.717, 1.165) is 9.13 Å². The number of hydrogen-bond donors (Lipinski definition) is 1. The Hall–Kier alpha value is 0.120. The fraction of sp³-hybridized carbons (Fsp3) is 0.250. The summed E-state index contributed by atoms with van der Waals surface area (Å²) in [6.45, 7) is 0. The highest BCUT2D eigenvalue weighted by atomic mass is 127. The van der Waals surface area contributed by atoms with Crippen molar-refractivity contribution in [1.29, 1.82) is 0 Å². The lowest BCUT2D eigenvalue weighted by Crippen LogP contribution is -2.02. The fourth-order valence-corrected chi connectivity index (χ4v) is 3.28. The van der Waals surface area contributed by atoms with E-state index in [4.69, 9.17) is 4.89 Å². The van der Waals surface area contributed by atoms with Crippen LogP contribution in [0.1, 0.15) is 5.56 Å². The second-order valence-electron chi connectivity index (χ2n) is 2.66. The van der Waals surface area contributed by atoms with Gasteiger partial charge in [0.25, 0.3) is 0 Å². The molecule has 1 aromatic rings. The minimum Gasteiger partial charge on any atom is -0.257 e. The zero-order valence-corrected chi connectivity index (χ0v) is 11.5. The summed E-state index contributed by atoms with van der Waals surface area (Å²) in [5, 5.41) is 0. The highest BCUT2D eigenvalue weighted by molar-refractivity contribution is 14.1. The fourth-order valence-electron chi connectivity index (χ4n) is 0.934. The van der Waals surface area contributed by atoms with E-state index in [2.05, 4.69) is 27.1 Å². The van der Waals surface area contributed by atoms with E-state index in [0.29, 0.717) is 5.75 Å². The molecular formula is C8H9IO4PS+. The summed E-state index contributed by atoms with van der Waals surface area (Å²) >= 11 is 2.15. The lowest BCUT2D eigenvalue weighted by molar-refractivity contribution is 0.327. The Morgan fingerprint density at radius 3 is 2.73 bits per heavy atom. The standard InChI is InChI=1S/C8H8IO4PS/c9-8-4-2-1-3-7(8)5-15(12)6-13-14(10)11/h1-4H,5-6H2/p+1/t15-/m0/s1. The molecule has 0 bridgehead atoms. The van der Waals surface area contributed by atoms with E-state index >= 15 is 0 Å². The van der Waals surface area contributed by atoms with Crippen LogP contribution >= 0.6 is 30.8 Å². The zero-order chi connectivity index (χ0) is 11.3. The Bertz CT molecular complexity index is 385. The van der Waals surface area contributed by atoms with Crippen molar-refractivity contribution in [2.75, 3.05) is 5.94 Å². The van der Waals surface area contributed by atoms with Gasteiger partial charge in [-0.25, -0.2) is 0 Å². The monoisotopic (exact) mass is 359 g/mol. The summed E-state index contributed by atoms with van der Waals surface area (Å²) in [5.41, 5.74) is 0.952. The van der Waals surface area contributed by atoms with Crippen LogP contribution < -0.4 is 0 Å². The van der Waals surface area contributed by atoms with Gasteiger partial charge in [0.05, 0.1) is 16.6 Å². The molecule has 0 fully saturated rings. The molecule has 0 aliphatic carbocycles. The molecule has 0 aromatic heterocycles. The molecule has 0 saturated heterocycles. The van der Waals surface area contributed by atoms with Gasteiger partial charge < -0.3 is 0 Å². The van der Waals surface area contributed by atoms with Crippen LogP contribution in [-0.4, -0.2) is 15.0 Å².